The van der Waals surface area contributed by atoms with E-state index < -0.39 is 0 Å². The summed E-state index contributed by atoms with van der Waals surface area (Å²) in [7, 11) is 1.57. The van der Waals surface area contributed by atoms with Gasteiger partial charge in [0.25, 0.3) is 5.56 Å². The average molecular weight is 273 g/mol. The number of hydrogen-bond donors (Lipinski definition) is 2. The molecule has 3 N–H and O–H groups in total. The molecule has 1 saturated carbocycles. The SMILES string of the molecule is COCCn1ncc(NC2CC(N)C2)c(Cl)c1=O. The van der Waals surface area contributed by atoms with E-state index in [-0.39, 0.29) is 22.7 Å². The van der Waals surface area contributed by atoms with Gasteiger partial charge in [0, 0.05) is 19.2 Å². The number of rotatable bonds is 5. The van der Waals surface area contributed by atoms with Gasteiger partial charge in [0.2, 0.25) is 0 Å². The molecule has 1 fully saturated rings. The molecule has 0 aromatic carbocycles. The number of halogens is 1. The van der Waals surface area contributed by atoms with Gasteiger partial charge in [-0.15, -0.1) is 0 Å². The summed E-state index contributed by atoms with van der Waals surface area (Å²) in [4.78, 5) is 11.9. The van der Waals surface area contributed by atoms with Gasteiger partial charge >= 0.3 is 0 Å². The normalized spacial score (nSPS) is 22.6. The number of ether oxygens (including phenoxy) is 1. The molecule has 1 aliphatic carbocycles. The van der Waals surface area contributed by atoms with Crippen molar-refractivity contribution in [1.82, 2.24) is 9.78 Å². The third kappa shape index (κ3) is 2.82. The first-order valence-corrected chi connectivity index (χ1v) is 6.26. The number of nitrogens with zero attached hydrogens (tertiary/aromatic N) is 2. The number of hydrogen-bond acceptors (Lipinski definition) is 5. The second kappa shape index (κ2) is 5.69. The molecule has 0 atom stereocenters. The highest BCUT2D eigenvalue weighted by molar-refractivity contribution is 6.32. The molecule has 0 bridgehead atoms. The van der Waals surface area contributed by atoms with Crippen molar-refractivity contribution in [3.63, 3.8) is 0 Å². The highest BCUT2D eigenvalue weighted by Crippen LogP contribution is 2.24. The Morgan fingerprint density at radius 3 is 3.00 bits per heavy atom. The van der Waals surface area contributed by atoms with E-state index in [9.17, 15) is 4.79 Å². The smallest absolute Gasteiger partial charge is 0.287 e. The van der Waals surface area contributed by atoms with Crippen molar-refractivity contribution in [2.45, 2.75) is 31.5 Å². The molecule has 0 aliphatic heterocycles. The van der Waals surface area contributed by atoms with Crippen molar-refractivity contribution >= 4 is 17.3 Å². The Hall–Kier alpha value is -1.11. The summed E-state index contributed by atoms with van der Waals surface area (Å²) in [5.74, 6) is 0. The Kier molecular flexibility index (Phi) is 4.21. The molecule has 1 heterocycles. The van der Waals surface area contributed by atoms with Crippen molar-refractivity contribution in [3.05, 3.63) is 21.6 Å². The van der Waals surface area contributed by atoms with Crippen LogP contribution in [0.2, 0.25) is 5.02 Å². The molecule has 0 amide bonds. The summed E-state index contributed by atoms with van der Waals surface area (Å²) in [6.07, 6.45) is 3.36. The molecule has 0 unspecified atom stereocenters. The van der Waals surface area contributed by atoms with Crippen LogP contribution in [0.4, 0.5) is 5.69 Å². The molecular formula is C11H17ClN4O2. The molecule has 18 heavy (non-hydrogen) atoms. The second-order valence-electron chi connectivity index (χ2n) is 4.47. The van der Waals surface area contributed by atoms with E-state index in [4.69, 9.17) is 22.1 Å². The van der Waals surface area contributed by atoms with Crippen molar-refractivity contribution in [2.24, 2.45) is 5.73 Å². The Morgan fingerprint density at radius 2 is 2.39 bits per heavy atom. The highest BCUT2D eigenvalue weighted by atomic mass is 35.5. The van der Waals surface area contributed by atoms with E-state index in [0.717, 1.165) is 12.8 Å². The lowest BCUT2D eigenvalue weighted by Gasteiger charge is -2.33. The van der Waals surface area contributed by atoms with Crippen LogP contribution in [-0.4, -0.2) is 35.6 Å². The molecule has 1 aromatic rings. The fourth-order valence-electron chi connectivity index (χ4n) is 1.90. The lowest BCUT2D eigenvalue weighted by molar-refractivity contribution is 0.182. The first-order chi connectivity index (χ1) is 8.61. The Morgan fingerprint density at radius 1 is 1.67 bits per heavy atom. The van der Waals surface area contributed by atoms with E-state index in [1.165, 1.54) is 4.68 Å². The minimum atomic E-state index is -0.303. The van der Waals surface area contributed by atoms with Gasteiger partial charge in [-0.1, -0.05) is 11.6 Å². The van der Waals surface area contributed by atoms with Crippen molar-refractivity contribution in [3.8, 4) is 0 Å². The van der Waals surface area contributed by atoms with E-state index >= 15 is 0 Å². The van der Waals surface area contributed by atoms with Crippen LogP contribution in [0.15, 0.2) is 11.0 Å². The number of methoxy groups -OCH3 is 1. The zero-order chi connectivity index (χ0) is 13.1. The van der Waals surface area contributed by atoms with Gasteiger partial charge in [0.05, 0.1) is 25.0 Å². The Labute approximate surface area is 110 Å². The first-order valence-electron chi connectivity index (χ1n) is 5.88. The summed E-state index contributed by atoms with van der Waals surface area (Å²) < 4.78 is 6.20. The summed E-state index contributed by atoms with van der Waals surface area (Å²) in [5, 5.41) is 7.40. The zero-order valence-corrected chi connectivity index (χ0v) is 11.0. The summed E-state index contributed by atoms with van der Waals surface area (Å²) in [6.45, 7) is 0.817. The lowest BCUT2D eigenvalue weighted by atomic mass is 9.87. The van der Waals surface area contributed by atoms with Crippen molar-refractivity contribution in [2.75, 3.05) is 19.0 Å². The minimum absolute atomic E-state index is 0.168. The maximum absolute atomic E-state index is 11.9. The number of aromatic nitrogens is 2. The fraction of sp³-hybridized carbons (Fsp3) is 0.636. The zero-order valence-electron chi connectivity index (χ0n) is 10.2. The minimum Gasteiger partial charge on any atom is -0.383 e. The quantitative estimate of drug-likeness (QED) is 0.813. The molecule has 1 aliphatic rings. The second-order valence-corrected chi connectivity index (χ2v) is 4.84. The van der Waals surface area contributed by atoms with Crippen LogP contribution >= 0.6 is 11.6 Å². The molecule has 6 nitrogen and oxygen atoms in total. The molecule has 100 valence electrons. The van der Waals surface area contributed by atoms with Crippen LogP contribution in [0.3, 0.4) is 0 Å². The predicted molar refractivity (Wildman–Crippen MR) is 70.0 cm³/mol. The van der Waals surface area contributed by atoms with Gasteiger partial charge in [0.1, 0.15) is 5.02 Å². The Balaban J connectivity index is 2.08. The summed E-state index contributed by atoms with van der Waals surface area (Å²) in [5.41, 5.74) is 5.97. The largest absolute Gasteiger partial charge is 0.383 e. The molecular weight excluding hydrogens is 256 g/mol. The first kappa shape index (κ1) is 13.3. The van der Waals surface area contributed by atoms with Gasteiger partial charge in [0.15, 0.2) is 0 Å². The van der Waals surface area contributed by atoms with Crippen LogP contribution in [-0.2, 0) is 11.3 Å². The molecule has 0 radical (unpaired) electrons. The van der Waals surface area contributed by atoms with E-state index in [1.807, 2.05) is 0 Å². The van der Waals surface area contributed by atoms with Crippen molar-refractivity contribution < 1.29 is 4.74 Å². The molecule has 7 heteroatoms. The third-order valence-corrected chi connectivity index (χ3v) is 3.39. The lowest BCUT2D eigenvalue weighted by Crippen LogP contribution is -2.44. The molecule has 0 saturated heterocycles. The maximum Gasteiger partial charge on any atom is 0.287 e. The van der Waals surface area contributed by atoms with E-state index in [0.29, 0.717) is 18.8 Å². The van der Waals surface area contributed by atoms with Gasteiger partial charge in [-0.05, 0) is 12.8 Å². The maximum atomic E-state index is 11.9. The number of anilines is 1. The number of nitrogens with two attached hydrogens (primary N) is 1. The molecule has 1 aromatic heterocycles. The van der Waals surface area contributed by atoms with E-state index in [1.54, 1.807) is 13.3 Å². The van der Waals surface area contributed by atoms with Crippen LogP contribution in [0.25, 0.3) is 0 Å². The topological polar surface area (TPSA) is 82.2 Å². The summed E-state index contributed by atoms with van der Waals surface area (Å²) in [6, 6.07) is 0.532. The van der Waals surface area contributed by atoms with Crippen LogP contribution < -0.4 is 16.6 Å². The van der Waals surface area contributed by atoms with E-state index in [2.05, 4.69) is 10.4 Å². The average Bonchev–Trinajstić information content (AvgIpc) is 2.32. The van der Waals surface area contributed by atoms with Crippen molar-refractivity contribution in [1.29, 1.82) is 0 Å². The van der Waals surface area contributed by atoms with Gasteiger partial charge < -0.3 is 15.8 Å². The van der Waals surface area contributed by atoms with Gasteiger partial charge in [-0.2, -0.15) is 5.10 Å². The van der Waals surface area contributed by atoms with Gasteiger partial charge in [-0.25, -0.2) is 4.68 Å². The van der Waals surface area contributed by atoms with Crippen LogP contribution in [0.5, 0.6) is 0 Å². The summed E-state index contributed by atoms with van der Waals surface area (Å²) >= 11 is 6.03. The molecule has 2 rings (SSSR count). The number of nitrogens with one attached hydrogen (secondary N) is 1. The van der Waals surface area contributed by atoms with Crippen LogP contribution in [0.1, 0.15) is 12.8 Å². The van der Waals surface area contributed by atoms with Gasteiger partial charge in [-0.3, -0.25) is 4.79 Å². The molecule has 0 spiro atoms. The predicted octanol–water partition coefficient (Wildman–Crippen LogP) is 0.445. The standard InChI is InChI=1S/C11H17ClN4O2/c1-18-3-2-16-11(17)10(12)9(6-14-16)15-8-4-7(13)5-8/h6-8,15H,2-5,13H2,1H3. The Bertz CT molecular complexity index is 471. The van der Waals surface area contributed by atoms with Crippen LogP contribution in [0, 0.1) is 0 Å². The highest BCUT2D eigenvalue weighted by Gasteiger charge is 2.26. The monoisotopic (exact) mass is 272 g/mol. The fourth-order valence-corrected chi connectivity index (χ4v) is 2.10. The third-order valence-electron chi connectivity index (χ3n) is 3.03.